The van der Waals surface area contributed by atoms with Crippen molar-refractivity contribution in [1.82, 2.24) is 8.80 Å². The summed E-state index contributed by atoms with van der Waals surface area (Å²) in [4.78, 5) is 4.95. The highest BCUT2D eigenvalue weighted by Gasteiger charge is 2.30. The van der Waals surface area contributed by atoms with E-state index in [1.807, 2.05) is 0 Å². The molecule has 17 aromatic rings. The molecular formula is C80H58N4. The van der Waals surface area contributed by atoms with Crippen LogP contribution in [0.1, 0.15) is 50.7 Å². The predicted molar refractivity (Wildman–Crippen MR) is 359 cm³/mol. The molecule has 4 heteroatoms. The van der Waals surface area contributed by atoms with Gasteiger partial charge in [0.2, 0.25) is 0 Å². The lowest BCUT2D eigenvalue weighted by Crippen LogP contribution is -2.10. The lowest BCUT2D eigenvalue weighted by atomic mass is 9.97. The second-order valence-electron chi connectivity index (χ2n) is 23.6. The Bertz CT molecular complexity index is 5080. The maximum absolute atomic E-state index is 2.63. The maximum atomic E-state index is 2.63. The summed E-state index contributed by atoms with van der Waals surface area (Å²) in [5.74, 6) is 0.847. The molecule has 4 aromatic heterocycles. The number of rotatable bonds is 10. The summed E-state index contributed by atoms with van der Waals surface area (Å²) in [6, 6.07) is 100. The third kappa shape index (κ3) is 7.13. The highest BCUT2D eigenvalue weighted by atomic mass is 15.2. The van der Waals surface area contributed by atoms with Gasteiger partial charge in [-0.25, -0.2) is 0 Å². The van der Waals surface area contributed by atoms with Crippen molar-refractivity contribution in [3.8, 4) is 22.3 Å². The second-order valence-corrected chi connectivity index (χ2v) is 23.6. The molecule has 13 aromatic carbocycles. The lowest BCUT2D eigenvalue weighted by molar-refractivity contribution is 0.866. The SMILES string of the molecule is CC(C)c1ccc(N(c2ccccc2)c2ccc3c4cc5c(cc4n4c6c(-c7ccc8ccccc8c7)cccc6c2c34)c2ccc(N(c3ccccc3)c3ccc(C(C)C)cc3)c3c4cccc(-c6ccc7ccccc7c6)c4n5c23)cc1. The van der Waals surface area contributed by atoms with Crippen LogP contribution in [0.5, 0.6) is 0 Å². The van der Waals surface area contributed by atoms with Gasteiger partial charge in [0.1, 0.15) is 0 Å². The first-order valence-electron chi connectivity index (χ1n) is 29.6. The van der Waals surface area contributed by atoms with Crippen molar-refractivity contribution in [2.24, 2.45) is 0 Å². The molecule has 0 saturated carbocycles. The Morgan fingerprint density at radius 3 is 1.06 bits per heavy atom. The Kier molecular flexibility index (Phi) is 10.7. The summed E-state index contributed by atoms with van der Waals surface area (Å²) in [6.45, 7) is 9.08. The van der Waals surface area contributed by atoms with E-state index in [0.29, 0.717) is 11.8 Å². The van der Waals surface area contributed by atoms with Crippen molar-refractivity contribution in [3.05, 3.63) is 278 Å². The van der Waals surface area contributed by atoms with E-state index in [0.717, 1.165) is 34.1 Å². The summed E-state index contributed by atoms with van der Waals surface area (Å²) in [5.41, 5.74) is 21.5. The Hall–Kier alpha value is -10.4. The molecule has 17 rings (SSSR count). The number of hydrogen-bond acceptors (Lipinski definition) is 2. The van der Waals surface area contributed by atoms with Crippen LogP contribution in [-0.2, 0) is 0 Å². The fraction of sp³-hybridized carbons (Fsp3) is 0.0750. The van der Waals surface area contributed by atoms with Crippen LogP contribution in [0.2, 0.25) is 0 Å². The number of fused-ring (bicyclic) bond motifs is 14. The van der Waals surface area contributed by atoms with Crippen LogP contribution >= 0.6 is 0 Å². The van der Waals surface area contributed by atoms with Crippen LogP contribution in [-0.4, -0.2) is 8.80 Å². The maximum Gasteiger partial charge on any atom is 0.0641 e. The third-order valence-electron chi connectivity index (χ3n) is 18.3. The number of aromatic nitrogens is 2. The number of hydrogen-bond donors (Lipinski definition) is 0. The van der Waals surface area contributed by atoms with Crippen molar-refractivity contribution in [3.63, 3.8) is 0 Å². The summed E-state index contributed by atoms with van der Waals surface area (Å²) < 4.78 is 5.26. The van der Waals surface area contributed by atoms with Gasteiger partial charge in [0.25, 0.3) is 0 Å². The second kappa shape index (κ2) is 18.6. The Morgan fingerprint density at radius 1 is 0.274 bits per heavy atom. The first-order chi connectivity index (χ1) is 41.3. The van der Waals surface area contributed by atoms with E-state index >= 15 is 0 Å². The fourth-order valence-corrected chi connectivity index (χ4v) is 14.2. The van der Waals surface area contributed by atoms with Crippen LogP contribution in [0.3, 0.4) is 0 Å². The summed E-state index contributed by atoms with van der Waals surface area (Å²) in [5, 5.41) is 14.8. The molecule has 0 aliphatic heterocycles. The van der Waals surface area contributed by atoms with Gasteiger partial charge < -0.3 is 18.6 Å². The van der Waals surface area contributed by atoms with Crippen molar-refractivity contribution in [2.75, 3.05) is 9.80 Å². The molecule has 0 spiro atoms. The van der Waals surface area contributed by atoms with E-state index in [1.54, 1.807) is 0 Å². The largest absolute Gasteiger partial charge is 0.310 e. The average Bonchev–Trinajstić information content (AvgIpc) is 1.75. The van der Waals surface area contributed by atoms with Crippen LogP contribution in [0, 0.1) is 0 Å². The average molecular weight is 1080 g/mol. The van der Waals surface area contributed by atoms with E-state index in [1.165, 1.54) is 131 Å². The molecule has 4 nitrogen and oxygen atoms in total. The van der Waals surface area contributed by atoms with Crippen molar-refractivity contribution in [2.45, 2.75) is 39.5 Å². The summed E-state index contributed by atoms with van der Waals surface area (Å²) in [7, 11) is 0. The van der Waals surface area contributed by atoms with Crippen LogP contribution in [0.15, 0.2) is 267 Å². The van der Waals surface area contributed by atoms with Gasteiger partial charge in [-0.15, -0.1) is 0 Å². The standard InChI is InChI=1S/C80H58N4/c1-49(2)51-33-37-61(38-34-51)81(59-21-7-5-8-22-59)71-43-41-65-69-47-74-70(48-73(69)83-77-63(25-15-27-67(77)75(71)79(65)83)57-31-29-53-17-11-13-19-55(53)45-57)66-42-44-72(82(60-23-9-6-10-24-60)62-39-35-52(36-40-62)50(3)4)76-68-28-16-26-64(78(68)84(74)80(66)76)58-32-30-54-18-12-14-20-56(54)46-58/h5-50H,1-4H3. The molecule has 0 atom stereocenters. The first kappa shape index (κ1) is 48.3. The van der Waals surface area contributed by atoms with Crippen molar-refractivity contribution < 1.29 is 0 Å². The molecule has 0 bridgehead atoms. The molecule has 0 amide bonds. The number of anilines is 6. The van der Waals surface area contributed by atoms with Crippen molar-refractivity contribution >= 4 is 132 Å². The predicted octanol–water partition coefficient (Wildman–Crippen LogP) is 22.8. The molecular weight excluding hydrogens is 1020 g/mol. The zero-order valence-electron chi connectivity index (χ0n) is 47.3. The van der Waals surface area contributed by atoms with E-state index in [9.17, 15) is 0 Å². The molecule has 398 valence electrons. The number of para-hydroxylation sites is 4. The molecule has 0 saturated heterocycles. The van der Waals surface area contributed by atoms with Gasteiger partial charge in [-0.3, -0.25) is 0 Å². The topological polar surface area (TPSA) is 15.3 Å². The first-order valence-corrected chi connectivity index (χ1v) is 29.6. The van der Waals surface area contributed by atoms with Gasteiger partial charge in [-0.1, -0.05) is 210 Å². The minimum atomic E-state index is 0.424. The van der Waals surface area contributed by atoms with Gasteiger partial charge in [0.15, 0.2) is 0 Å². The monoisotopic (exact) mass is 1070 g/mol. The molecule has 0 radical (unpaired) electrons. The fourth-order valence-electron chi connectivity index (χ4n) is 14.2. The van der Waals surface area contributed by atoms with Crippen molar-refractivity contribution in [1.29, 1.82) is 0 Å². The minimum Gasteiger partial charge on any atom is -0.310 e. The minimum absolute atomic E-state index is 0.424. The highest BCUT2D eigenvalue weighted by Crippen LogP contribution is 2.53. The van der Waals surface area contributed by atoms with Crippen LogP contribution in [0.25, 0.3) is 120 Å². The van der Waals surface area contributed by atoms with E-state index in [4.69, 9.17) is 0 Å². The highest BCUT2D eigenvalue weighted by molar-refractivity contribution is 6.33. The molecule has 0 fully saturated rings. The Balaban J connectivity index is 1.01. The van der Waals surface area contributed by atoms with E-state index in [-0.39, 0.29) is 0 Å². The van der Waals surface area contributed by atoms with Gasteiger partial charge in [-0.2, -0.15) is 0 Å². The molecule has 84 heavy (non-hydrogen) atoms. The molecule has 0 unspecified atom stereocenters. The van der Waals surface area contributed by atoms with Gasteiger partial charge >= 0.3 is 0 Å². The van der Waals surface area contributed by atoms with Gasteiger partial charge in [0, 0.05) is 77.0 Å². The van der Waals surface area contributed by atoms with E-state index in [2.05, 4.69) is 313 Å². The quantitative estimate of drug-likeness (QED) is 0.136. The smallest absolute Gasteiger partial charge is 0.0641 e. The third-order valence-corrected chi connectivity index (χ3v) is 18.3. The van der Waals surface area contributed by atoms with Gasteiger partial charge in [0.05, 0.1) is 44.5 Å². The Labute approximate surface area is 487 Å². The molecule has 0 aliphatic carbocycles. The van der Waals surface area contributed by atoms with E-state index < -0.39 is 0 Å². The van der Waals surface area contributed by atoms with Crippen LogP contribution < -0.4 is 9.80 Å². The zero-order chi connectivity index (χ0) is 55.9. The van der Waals surface area contributed by atoms with Gasteiger partial charge in [-0.05, 0) is 141 Å². The van der Waals surface area contributed by atoms with Crippen LogP contribution in [0.4, 0.5) is 34.1 Å². The Morgan fingerprint density at radius 2 is 0.655 bits per heavy atom. The molecule has 4 heterocycles. The zero-order valence-corrected chi connectivity index (χ0v) is 47.3. The normalized spacial score (nSPS) is 12.3. The molecule has 0 N–H and O–H groups in total. The lowest BCUT2D eigenvalue weighted by Gasteiger charge is -2.27. The molecule has 0 aliphatic rings. The summed E-state index contributed by atoms with van der Waals surface area (Å²) in [6.07, 6.45) is 0. The number of nitrogens with zero attached hydrogens (tertiary/aromatic N) is 4. The summed E-state index contributed by atoms with van der Waals surface area (Å²) >= 11 is 0. The number of benzene rings is 13.